The second kappa shape index (κ2) is 13.3. The summed E-state index contributed by atoms with van der Waals surface area (Å²) in [6.07, 6.45) is 9.97. The van der Waals surface area contributed by atoms with E-state index in [1.165, 1.54) is 6.34 Å². The largest absolute Gasteiger partial charge is 0.390 e. The summed E-state index contributed by atoms with van der Waals surface area (Å²) in [7, 11) is 0. The van der Waals surface area contributed by atoms with Crippen LogP contribution in [-0.2, 0) is 0 Å². The molecule has 0 heterocycles. The molecular formula is C11H20N2. The maximum absolute atomic E-state index is 5.06. The van der Waals surface area contributed by atoms with Gasteiger partial charge in [-0.25, -0.2) is 4.99 Å². The van der Waals surface area contributed by atoms with E-state index in [1.54, 1.807) is 6.08 Å². The molecule has 0 aromatic rings. The van der Waals surface area contributed by atoms with Crippen LogP contribution in [0.4, 0.5) is 0 Å². The van der Waals surface area contributed by atoms with Crippen molar-refractivity contribution < 1.29 is 0 Å². The number of rotatable bonds is 4. The van der Waals surface area contributed by atoms with Crippen molar-refractivity contribution in [1.29, 1.82) is 0 Å². The minimum Gasteiger partial charge on any atom is -0.390 e. The molecule has 2 heteroatoms. The molecule has 0 aliphatic rings. The molecule has 0 bridgehead atoms. The van der Waals surface area contributed by atoms with Crippen LogP contribution < -0.4 is 5.73 Å². The lowest BCUT2D eigenvalue weighted by Crippen LogP contribution is -1.87. The molecule has 0 radical (unpaired) electrons. The van der Waals surface area contributed by atoms with Gasteiger partial charge in [-0.1, -0.05) is 45.6 Å². The minimum absolute atomic E-state index is 0.660. The zero-order valence-electron chi connectivity index (χ0n) is 8.83. The van der Waals surface area contributed by atoms with E-state index >= 15 is 0 Å². The Bertz CT molecular complexity index is 188. The molecule has 0 saturated heterocycles. The molecule has 0 aromatic carbocycles. The zero-order chi connectivity index (χ0) is 10.5. The van der Waals surface area contributed by atoms with Gasteiger partial charge in [-0.15, -0.1) is 0 Å². The highest BCUT2D eigenvalue weighted by Crippen LogP contribution is 1.93. The average molecular weight is 180 g/mol. The predicted octanol–water partition coefficient (Wildman–Crippen LogP) is 3.04. The predicted molar refractivity (Wildman–Crippen MR) is 61.7 cm³/mol. The summed E-state index contributed by atoms with van der Waals surface area (Å²) in [6, 6.07) is 0. The van der Waals surface area contributed by atoms with Gasteiger partial charge in [0.2, 0.25) is 0 Å². The van der Waals surface area contributed by atoms with Crippen molar-refractivity contribution in [2.24, 2.45) is 10.7 Å². The lowest BCUT2D eigenvalue weighted by atomic mass is 10.3. The Hall–Kier alpha value is -1.31. The van der Waals surface area contributed by atoms with Gasteiger partial charge in [0.25, 0.3) is 0 Å². The molecule has 0 rings (SSSR count). The van der Waals surface area contributed by atoms with Crippen molar-refractivity contribution in [2.75, 3.05) is 0 Å². The van der Waals surface area contributed by atoms with Crippen LogP contribution in [0.15, 0.2) is 41.6 Å². The van der Waals surface area contributed by atoms with Crippen molar-refractivity contribution in [1.82, 2.24) is 0 Å². The van der Waals surface area contributed by atoms with Gasteiger partial charge in [0.05, 0.1) is 12.0 Å². The lowest BCUT2D eigenvalue weighted by Gasteiger charge is -1.84. The van der Waals surface area contributed by atoms with E-state index in [1.807, 2.05) is 26.0 Å². The summed E-state index contributed by atoms with van der Waals surface area (Å²) in [4.78, 5) is 3.76. The summed E-state index contributed by atoms with van der Waals surface area (Å²) in [5.41, 5.74) is 5.72. The monoisotopic (exact) mass is 180 g/mol. The van der Waals surface area contributed by atoms with E-state index in [-0.39, 0.29) is 0 Å². The minimum atomic E-state index is 0.660. The number of nitrogens with two attached hydrogens (primary N) is 1. The number of nitrogens with zero attached hydrogens (tertiary/aromatic N) is 1. The average Bonchev–Trinajstić information content (AvgIpc) is 2.16. The highest BCUT2D eigenvalue weighted by atomic mass is 14.8. The molecule has 13 heavy (non-hydrogen) atoms. The van der Waals surface area contributed by atoms with Crippen molar-refractivity contribution in [2.45, 2.75) is 27.2 Å². The van der Waals surface area contributed by atoms with Crippen LogP contribution in [0.25, 0.3) is 0 Å². The SMILES string of the molecule is C=C(/C=C\C=C/CC)N=CN.CC. The topological polar surface area (TPSA) is 38.4 Å². The van der Waals surface area contributed by atoms with Gasteiger partial charge in [0.1, 0.15) is 0 Å². The van der Waals surface area contributed by atoms with Gasteiger partial charge < -0.3 is 5.73 Å². The Morgan fingerprint density at radius 2 is 2.00 bits per heavy atom. The summed E-state index contributed by atoms with van der Waals surface area (Å²) < 4.78 is 0. The second-order valence-electron chi connectivity index (χ2n) is 1.97. The maximum atomic E-state index is 5.06. The highest BCUT2D eigenvalue weighted by Gasteiger charge is 1.75. The van der Waals surface area contributed by atoms with Crippen molar-refractivity contribution in [3.05, 3.63) is 36.6 Å². The van der Waals surface area contributed by atoms with Gasteiger partial charge in [-0.3, -0.25) is 0 Å². The van der Waals surface area contributed by atoms with E-state index in [2.05, 4.69) is 24.6 Å². The number of hydrogen-bond acceptors (Lipinski definition) is 1. The first-order valence-electron chi connectivity index (χ1n) is 4.57. The van der Waals surface area contributed by atoms with Gasteiger partial charge in [-0.2, -0.15) is 0 Å². The molecule has 2 N–H and O–H groups in total. The number of hydrogen-bond donors (Lipinski definition) is 1. The van der Waals surface area contributed by atoms with Gasteiger partial charge in [0, 0.05) is 0 Å². The van der Waals surface area contributed by atoms with E-state index in [0.717, 1.165) is 6.42 Å². The van der Waals surface area contributed by atoms with Crippen molar-refractivity contribution in [3.8, 4) is 0 Å². The maximum Gasteiger partial charge on any atom is 0.0859 e. The molecule has 0 amide bonds. The fraction of sp³-hybridized carbons (Fsp3) is 0.364. The molecule has 0 aromatic heterocycles. The Labute approximate surface area is 81.6 Å². The Kier molecular flexibility index (Phi) is 14.5. The molecule has 0 spiro atoms. The molecule has 0 saturated carbocycles. The highest BCUT2D eigenvalue weighted by molar-refractivity contribution is 5.54. The van der Waals surface area contributed by atoms with Crippen molar-refractivity contribution in [3.63, 3.8) is 0 Å². The molecule has 0 atom stereocenters. The van der Waals surface area contributed by atoms with E-state index in [9.17, 15) is 0 Å². The van der Waals surface area contributed by atoms with Crippen LogP contribution in [0.5, 0.6) is 0 Å². The van der Waals surface area contributed by atoms with Crippen LogP contribution >= 0.6 is 0 Å². The third-order valence-corrected chi connectivity index (χ3v) is 1.01. The van der Waals surface area contributed by atoms with Crippen LogP contribution in [0.2, 0.25) is 0 Å². The quantitative estimate of drug-likeness (QED) is 0.403. The van der Waals surface area contributed by atoms with Crippen LogP contribution in [0.1, 0.15) is 27.2 Å². The van der Waals surface area contributed by atoms with E-state index < -0.39 is 0 Å². The number of aliphatic imine (C=N–C) groups is 1. The summed E-state index contributed by atoms with van der Waals surface area (Å²) in [5.74, 6) is 0. The fourth-order valence-corrected chi connectivity index (χ4v) is 0.520. The molecule has 0 aliphatic carbocycles. The van der Waals surface area contributed by atoms with Crippen molar-refractivity contribution >= 4 is 6.34 Å². The third kappa shape index (κ3) is 13.7. The van der Waals surface area contributed by atoms with Gasteiger partial charge >= 0.3 is 0 Å². The molecular weight excluding hydrogens is 160 g/mol. The standard InChI is InChI=1S/C9H14N2.C2H6/c1-3-4-5-6-7-9(2)11-8-10;1-2/h4-8H,2-3H2,1H3,(H2,10,11);1-2H3/b5-4-,7-6-;. The molecule has 0 unspecified atom stereocenters. The normalized spacial score (nSPS) is 10.7. The fourth-order valence-electron chi connectivity index (χ4n) is 0.520. The summed E-state index contributed by atoms with van der Waals surface area (Å²) in [6.45, 7) is 9.72. The Morgan fingerprint density at radius 1 is 1.38 bits per heavy atom. The third-order valence-electron chi connectivity index (χ3n) is 1.01. The van der Waals surface area contributed by atoms with E-state index in [0.29, 0.717) is 5.70 Å². The smallest absolute Gasteiger partial charge is 0.0859 e. The Balaban J connectivity index is 0. The van der Waals surface area contributed by atoms with Crippen LogP contribution in [-0.4, -0.2) is 6.34 Å². The summed E-state index contributed by atoms with van der Waals surface area (Å²) in [5, 5.41) is 0. The summed E-state index contributed by atoms with van der Waals surface area (Å²) >= 11 is 0. The van der Waals surface area contributed by atoms with Crippen LogP contribution in [0.3, 0.4) is 0 Å². The first-order chi connectivity index (χ1) is 6.31. The second-order valence-corrected chi connectivity index (χ2v) is 1.97. The van der Waals surface area contributed by atoms with E-state index in [4.69, 9.17) is 5.73 Å². The Morgan fingerprint density at radius 3 is 2.46 bits per heavy atom. The van der Waals surface area contributed by atoms with Crippen LogP contribution in [0, 0.1) is 0 Å². The molecule has 74 valence electrons. The lowest BCUT2D eigenvalue weighted by molar-refractivity contribution is 1.22. The first kappa shape index (κ1) is 14.2. The number of allylic oxidation sites excluding steroid dienone is 4. The van der Waals surface area contributed by atoms with Gasteiger partial charge in [-0.05, 0) is 12.5 Å². The first-order valence-corrected chi connectivity index (χ1v) is 4.57. The zero-order valence-corrected chi connectivity index (χ0v) is 8.83. The molecule has 0 aliphatic heterocycles. The molecule has 2 nitrogen and oxygen atoms in total. The van der Waals surface area contributed by atoms with Gasteiger partial charge in [0.15, 0.2) is 0 Å². The molecule has 0 fully saturated rings.